The van der Waals surface area contributed by atoms with Gasteiger partial charge in [0.2, 0.25) is 0 Å². The van der Waals surface area contributed by atoms with Gasteiger partial charge in [0.15, 0.2) is 0 Å². The van der Waals surface area contributed by atoms with Crippen LogP contribution in [0.3, 0.4) is 0 Å². The quantitative estimate of drug-likeness (QED) is 0.912. The molecule has 0 spiro atoms. The number of carbonyl (C=O) groups excluding carboxylic acids is 2. The number of hydrogen-bond donors (Lipinski definition) is 1. The number of aryl methyl sites for hydroxylation is 1. The first-order valence-corrected chi connectivity index (χ1v) is 7.25. The monoisotopic (exact) mass is 309 g/mol. The van der Waals surface area contributed by atoms with Gasteiger partial charge in [0.1, 0.15) is 5.82 Å². The van der Waals surface area contributed by atoms with E-state index in [1.54, 1.807) is 35.8 Å². The molecule has 0 aliphatic carbocycles. The number of piperazine rings is 1. The number of ether oxygens (including phenoxy) is 1. The normalized spacial score (nSPS) is 14.7. The maximum absolute atomic E-state index is 13.5. The molecule has 0 atom stereocenters. The van der Waals surface area contributed by atoms with Crippen molar-refractivity contribution in [3.8, 4) is 0 Å². The number of hydrogen-bond acceptors (Lipinski definition) is 3. The zero-order chi connectivity index (χ0) is 16.1. The van der Waals surface area contributed by atoms with Crippen LogP contribution in [0.15, 0.2) is 18.2 Å². The Kier molecular flexibility index (Phi) is 5.19. The zero-order valence-corrected chi connectivity index (χ0v) is 12.8. The van der Waals surface area contributed by atoms with Crippen LogP contribution in [-0.4, -0.2) is 54.7 Å². The lowest BCUT2D eigenvalue weighted by atomic mass is 10.2. The lowest BCUT2D eigenvalue weighted by Gasteiger charge is -2.34. The van der Waals surface area contributed by atoms with Crippen molar-refractivity contribution in [3.05, 3.63) is 29.6 Å². The molecule has 2 rings (SSSR count). The van der Waals surface area contributed by atoms with Crippen molar-refractivity contribution >= 4 is 17.8 Å². The lowest BCUT2D eigenvalue weighted by Crippen LogP contribution is -2.51. The predicted octanol–water partition coefficient (Wildman–Crippen LogP) is 2.44. The maximum Gasteiger partial charge on any atom is 0.409 e. The number of nitrogens with one attached hydrogen (secondary N) is 1. The van der Waals surface area contributed by atoms with Crippen LogP contribution in [0.5, 0.6) is 0 Å². The highest BCUT2D eigenvalue weighted by molar-refractivity contribution is 5.89. The minimum atomic E-state index is -0.358. The predicted molar refractivity (Wildman–Crippen MR) is 80.3 cm³/mol. The summed E-state index contributed by atoms with van der Waals surface area (Å²) >= 11 is 0. The summed E-state index contributed by atoms with van der Waals surface area (Å²) in [6.45, 7) is 5.43. The summed E-state index contributed by atoms with van der Waals surface area (Å²) in [6, 6.07) is 4.27. The SMILES string of the molecule is CCOC(=O)N1CCN(C(=O)Nc2ccc(C)c(F)c2)CC1. The summed E-state index contributed by atoms with van der Waals surface area (Å²) in [5.41, 5.74) is 0.946. The Balaban J connectivity index is 1.87. The fourth-order valence-corrected chi connectivity index (χ4v) is 2.18. The van der Waals surface area contributed by atoms with Crippen molar-refractivity contribution in [2.24, 2.45) is 0 Å². The van der Waals surface area contributed by atoms with Crippen molar-refractivity contribution in [1.29, 1.82) is 0 Å². The first kappa shape index (κ1) is 16.1. The summed E-state index contributed by atoms with van der Waals surface area (Å²) in [6.07, 6.45) is -0.358. The van der Waals surface area contributed by atoms with E-state index in [-0.39, 0.29) is 17.9 Å². The Bertz CT molecular complexity index is 557. The van der Waals surface area contributed by atoms with Crippen molar-refractivity contribution in [1.82, 2.24) is 9.80 Å². The molecule has 22 heavy (non-hydrogen) atoms. The number of urea groups is 1. The van der Waals surface area contributed by atoms with E-state index in [1.807, 2.05) is 0 Å². The number of halogens is 1. The topological polar surface area (TPSA) is 61.9 Å². The van der Waals surface area contributed by atoms with Gasteiger partial charge >= 0.3 is 12.1 Å². The minimum Gasteiger partial charge on any atom is -0.450 e. The first-order chi connectivity index (χ1) is 10.5. The third-order valence-corrected chi connectivity index (χ3v) is 3.52. The molecule has 0 unspecified atom stereocenters. The number of carbonyl (C=O) groups is 2. The van der Waals surface area contributed by atoms with Crippen LogP contribution in [-0.2, 0) is 4.74 Å². The summed E-state index contributed by atoms with van der Waals surface area (Å²) in [5.74, 6) is -0.357. The zero-order valence-electron chi connectivity index (χ0n) is 12.8. The van der Waals surface area contributed by atoms with E-state index in [9.17, 15) is 14.0 Å². The fraction of sp³-hybridized carbons (Fsp3) is 0.467. The number of amides is 3. The molecule has 6 nitrogen and oxygen atoms in total. The van der Waals surface area contributed by atoms with Crippen molar-refractivity contribution in [3.63, 3.8) is 0 Å². The summed E-state index contributed by atoms with van der Waals surface area (Å²) in [7, 11) is 0. The number of nitrogens with zero attached hydrogens (tertiary/aromatic N) is 2. The van der Waals surface area contributed by atoms with Gasteiger partial charge < -0.3 is 19.9 Å². The molecule has 1 heterocycles. The standard InChI is InChI=1S/C15H20FN3O3/c1-3-22-15(21)19-8-6-18(7-9-19)14(20)17-12-5-4-11(2)13(16)10-12/h4-5,10H,3,6-9H2,1-2H3,(H,17,20). The molecule has 1 aromatic rings. The number of benzene rings is 1. The highest BCUT2D eigenvalue weighted by Crippen LogP contribution is 2.14. The van der Waals surface area contributed by atoms with E-state index in [0.29, 0.717) is 44.0 Å². The lowest BCUT2D eigenvalue weighted by molar-refractivity contribution is 0.0868. The first-order valence-electron chi connectivity index (χ1n) is 7.25. The second kappa shape index (κ2) is 7.11. The average molecular weight is 309 g/mol. The Morgan fingerprint density at radius 2 is 1.86 bits per heavy atom. The molecule has 0 bridgehead atoms. The van der Waals surface area contributed by atoms with Crippen LogP contribution < -0.4 is 5.32 Å². The van der Waals surface area contributed by atoms with Gasteiger partial charge in [-0.25, -0.2) is 14.0 Å². The van der Waals surface area contributed by atoms with Gasteiger partial charge in [0.05, 0.1) is 6.61 Å². The van der Waals surface area contributed by atoms with Gasteiger partial charge in [0.25, 0.3) is 0 Å². The third kappa shape index (κ3) is 3.87. The third-order valence-electron chi connectivity index (χ3n) is 3.52. The van der Waals surface area contributed by atoms with Crippen LogP contribution in [0.4, 0.5) is 19.7 Å². The van der Waals surface area contributed by atoms with E-state index in [0.717, 1.165) is 0 Å². The molecule has 1 N–H and O–H groups in total. The Morgan fingerprint density at radius 3 is 2.45 bits per heavy atom. The van der Waals surface area contributed by atoms with Gasteiger partial charge in [-0.3, -0.25) is 0 Å². The van der Waals surface area contributed by atoms with E-state index in [1.165, 1.54) is 6.07 Å². The smallest absolute Gasteiger partial charge is 0.409 e. The molecule has 1 aromatic carbocycles. The molecule has 1 fully saturated rings. The van der Waals surface area contributed by atoms with Gasteiger partial charge in [-0.2, -0.15) is 0 Å². The Labute approximate surface area is 128 Å². The second-order valence-electron chi connectivity index (χ2n) is 5.07. The highest BCUT2D eigenvalue weighted by atomic mass is 19.1. The van der Waals surface area contributed by atoms with Crippen LogP contribution in [0.1, 0.15) is 12.5 Å². The van der Waals surface area contributed by atoms with Gasteiger partial charge in [-0.05, 0) is 31.5 Å². The van der Waals surface area contributed by atoms with Gasteiger partial charge in [0, 0.05) is 31.9 Å². The van der Waals surface area contributed by atoms with E-state index < -0.39 is 0 Å². The van der Waals surface area contributed by atoms with Crippen molar-refractivity contribution in [2.75, 3.05) is 38.1 Å². The average Bonchev–Trinajstić information content (AvgIpc) is 2.51. The number of anilines is 1. The summed E-state index contributed by atoms with van der Waals surface area (Å²) < 4.78 is 18.4. The molecule has 0 aromatic heterocycles. The van der Waals surface area contributed by atoms with Crippen LogP contribution in [0.25, 0.3) is 0 Å². The molecule has 0 radical (unpaired) electrons. The fourth-order valence-electron chi connectivity index (χ4n) is 2.18. The summed E-state index contributed by atoms with van der Waals surface area (Å²) in [5, 5.41) is 2.66. The molecular weight excluding hydrogens is 289 g/mol. The van der Waals surface area contributed by atoms with Crippen molar-refractivity contribution < 1.29 is 18.7 Å². The van der Waals surface area contributed by atoms with Crippen molar-refractivity contribution in [2.45, 2.75) is 13.8 Å². The van der Waals surface area contributed by atoms with Crippen LogP contribution in [0.2, 0.25) is 0 Å². The summed E-state index contributed by atoms with van der Waals surface area (Å²) in [4.78, 5) is 26.9. The molecule has 120 valence electrons. The Hall–Kier alpha value is -2.31. The molecule has 3 amide bonds. The molecule has 1 aliphatic heterocycles. The largest absolute Gasteiger partial charge is 0.450 e. The van der Waals surface area contributed by atoms with Gasteiger partial charge in [-0.1, -0.05) is 6.07 Å². The van der Waals surface area contributed by atoms with E-state index in [4.69, 9.17) is 4.74 Å². The molecule has 1 aliphatic rings. The van der Waals surface area contributed by atoms with Crippen LogP contribution in [0, 0.1) is 12.7 Å². The van der Waals surface area contributed by atoms with E-state index >= 15 is 0 Å². The Morgan fingerprint density at radius 1 is 1.23 bits per heavy atom. The number of rotatable bonds is 2. The van der Waals surface area contributed by atoms with Crippen LogP contribution >= 0.6 is 0 Å². The molecular formula is C15H20FN3O3. The maximum atomic E-state index is 13.5. The second-order valence-corrected chi connectivity index (χ2v) is 5.07. The van der Waals surface area contributed by atoms with Gasteiger partial charge in [-0.15, -0.1) is 0 Å². The molecule has 7 heteroatoms. The minimum absolute atomic E-state index is 0.299. The molecule has 0 saturated carbocycles. The van der Waals surface area contributed by atoms with E-state index in [2.05, 4.69) is 5.32 Å². The highest BCUT2D eigenvalue weighted by Gasteiger charge is 2.24. The molecule has 1 saturated heterocycles.